The molecule has 1 nitrogen and oxygen atoms in total. The monoisotopic (exact) mass is 222 g/mol. The van der Waals surface area contributed by atoms with Gasteiger partial charge in [0.2, 0.25) is 0 Å². The second-order valence-corrected chi connectivity index (χ2v) is 4.99. The molecular weight excluding hydrogens is 208 g/mol. The van der Waals surface area contributed by atoms with Crippen molar-refractivity contribution in [3.63, 3.8) is 0 Å². The molecule has 0 saturated carbocycles. The highest BCUT2D eigenvalue weighted by Gasteiger charge is 2.15. The maximum atomic E-state index is 5.70. The summed E-state index contributed by atoms with van der Waals surface area (Å²) in [4.78, 5) is 0. The van der Waals surface area contributed by atoms with Gasteiger partial charge in [0.1, 0.15) is 11.3 Å². The van der Waals surface area contributed by atoms with Gasteiger partial charge in [0.25, 0.3) is 0 Å². The summed E-state index contributed by atoms with van der Waals surface area (Å²) < 4.78 is 5.70. The summed E-state index contributed by atoms with van der Waals surface area (Å²) in [6.07, 6.45) is 3.78. The second-order valence-electron chi connectivity index (χ2n) is 4.99. The van der Waals surface area contributed by atoms with Crippen molar-refractivity contribution in [1.82, 2.24) is 0 Å². The van der Waals surface area contributed by atoms with Crippen LogP contribution in [0.3, 0.4) is 0 Å². The zero-order valence-electron chi connectivity index (χ0n) is 9.92. The van der Waals surface area contributed by atoms with E-state index < -0.39 is 0 Å². The fourth-order valence-corrected chi connectivity index (χ4v) is 3.15. The molecule has 0 atom stereocenters. The fraction of sp³-hybridized carbons (Fsp3) is 0.250. The maximum absolute atomic E-state index is 5.70. The van der Waals surface area contributed by atoms with Crippen molar-refractivity contribution in [2.75, 3.05) is 0 Å². The third-order valence-electron chi connectivity index (χ3n) is 3.90. The van der Waals surface area contributed by atoms with E-state index in [4.69, 9.17) is 4.42 Å². The molecule has 0 aliphatic heterocycles. The summed E-state index contributed by atoms with van der Waals surface area (Å²) in [6, 6.07) is 11.1. The molecule has 0 spiro atoms. The lowest BCUT2D eigenvalue weighted by Gasteiger charge is -2.05. The molecule has 0 fully saturated rings. The topological polar surface area (TPSA) is 13.1 Å². The van der Waals surface area contributed by atoms with Gasteiger partial charge in [-0.3, -0.25) is 0 Å². The van der Waals surface area contributed by atoms with Crippen LogP contribution in [0.5, 0.6) is 0 Å². The van der Waals surface area contributed by atoms with Gasteiger partial charge in [0.15, 0.2) is 0 Å². The number of fused-ring (bicyclic) bond motifs is 5. The standard InChI is InChI=1S/C16H14O/c1-10-9-15-14-6-5-11-3-2-4-12(11)13(14)7-8-16(15)17-10/h5-9H,2-4H2,1H3. The Labute approximate surface area is 100 Å². The minimum absolute atomic E-state index is 0.994. The van der Waals surface area contributed by atoms with Crippen LogP contribution in [0.25, 0.3) is 21.7 Å². The van der Waals surface area contributed by atoms with E-state index in [1.54, 1.807) is 5.56 Å². The van der Waals surface area contributed by atoms with Crippen molar-refractivity contribution in [1.29, 1.82) is 0 Å². The Balaban J connectivity index is 2.21. The summed E-state index contributed by atoms with van der Waals surface area (Å²) in [5.41, 5.74) is 4.10. The van der Waals surface area contributed by atoms with Crippen molar-refractivity contribution in [3.05, 3.63) is 47.2 Å². The molecule has 0 unspecified atom stereocenters. The fourth-order valence-electron chi connectivity index (χ4n) is 3.15. The van der Waals surface area contributed by atoms with E-state index in [1.807, 2.05) is 6.92 Å². The summed E-state index contributed by atoms with van der Waals surface area (Å²) in [5, 5.41) is 4.03. The van der Waals surface area contributed by atoms with E-state index in [2.05, 4.69) is 30.3 Å². The van der Waals surface area contributed by atoms with Crippen LogP contribution in [0, 0.1) is 6.92 Å². The first-order valence-corrected chi connectivity index (χ1v) is 6.26. The summed E-state index contributed by atoms with van der Waals surface area (Å²) in [5.74, 6) is 0.994. The average Bonchev–Trinajstić information content (AvgIpc) is 2.92. The van der Waals surface area contributed by atoms with Crippen LogP contribution in [0.15, 0.2) is 34.7 Å². The minimum Gasteiger partial charge on any atom is -0.461 e. The summed E-state index contributed by atoms with van der Waals surface area (Å²) >= 11 is 0. The average molecular weight is 222 g/mol. The van der Waals surface area contributed by atoms with Crippen LogP contribution < -0.4 is 0 Å². The highest BCUT2D eigenvalue weighted by Crippen LogP contribution is 2.34. The Hall–Kier alpha value is -1.76. The van der Waals surface area contributed by atoms with Crippen molar-refractivity contribution in [2.24, 2.45) is 0 Å². The lowest BCUT2D eigenvalue weighted by atomic mass is 9.99. The lowest BCUT2D eigenvalue weighted by molar-refractivity contribution is 0.579. The number of rotatable bonds is 0. The minimum atomic E-state index is 0.994. The van der Waals surface area contributed by atoms with Crippen LogP contribution in [0.1, 0.15) is 23.3 Å². The Morgan fingerprint density at radius 1 is 0.941 bits per heavy atom. The molecule has 1 heteroatoms. The van der Waals surface area contributed by atoms with E-state index in [-0.39, 0.29) is 0 Å². The molecule has 0 bridgehead atoms. The largest absolute Gasteiger partial charge is 0.461 e. The Morgan fingerprint density at radius 2 is 1.82 bits per heavy atom. The molecule has 3 aromatic rings. The molecule has 2 aromatic carbocycles. The first-order chi connectivity index (χ1) is 8.33. The smallest absolute Gasteiger partial charge is 0.134 e. The number of furan rings is 1. The molecule has 4 rings (SSSR count). The number of hydrogen-bond donors (Lipinski definition) is 0. The number of benzene rings is 2. The van der Waals surface area contributed by atoms with Gasteiger partial charge in [-0.2, -0.15) is 0 Å². The third-order valence-corrected chi connectivity index (χ3v) is 3.90. The van der Waals surface area contributed by atoms with Gasteiger partial charge < -0.3 is 4.42 Å². The third kappa shape index (κ3) is 1.20. The molecule has 1 aliphatic rings. The summed E-state index contributed by atoms with van der Waals surface area (Å²) in [7, 11) is 0. The zero-order chi connectivity index (χ0) is 11.4. The van der Waals surface area contributed by atoms with Crippen LogP contribution in [-0.2, 0) is 12.8 Å². The summed E-state index contributed by atoms with van der Waals surface area (Å²) in [6.45, 7) is 2.01. The predicted octanol–water partition coefficient (Wildman–Crippen LogP) is 4.38. The van der Waals surface area contributed by atoms with E-state index in [1.165, 1.54) is 41.0 Å². The van der Waals surface area contributed by atoms with E-state index >= 15 is 0 Å². The van der Waals surface area contributed by atoms with Gasteiger partial charge in [0.05, 0.1) is 0 Å². The molecule has 0 N–H and O–H groups in total. The first-order valence-electron chi connectivity index (χ1n) is 6.26. The van der Waals surface area contributed by atoms with Gasteiger partial charge >= 0.3 is 0 Å². The van der Waals surface area contributed by atoms with Crippen molar-refractivity contribution in [2.45, 2.75) is 26.2 Å². The highest BCUT2D eigenvalue weighted by atomic mass is 16.3. The highest BCUT2D eigenvalue weighted by molar-refractivity contribution is 6.07. The quantitative estimate of drug-likeness (QED) is 0.550. The molecular formula is C16H14O. The second kappa shape index (κ2) is 3.13. The molecule has 1 aliphatic carbocycles. The maximum Gasteiger partial charge on any atom is 0.134 e. The zero-order valence-corrected chi connectivity index (χ0v) is 9.92. The Morgan fingerprint density at radius 3 is 2.76 bits per heavy atom. The van der Waals surface area contributed by atoms with Crippen molar-refractivity contribution >= 4 is 21.7 Å². The van der Waals surface area contributed by atoms with E-state index in [9.17, 15) is 0 Å². The Kier molecular flexibility index (Phi) is 1.71. The lowest BCUT2D eigenvalue weighted by Crippen LogP contribution is -1.85. The van der Waals surface area contributed by atoms with Gasteiger partial charge in [-0.15, -0.1) is 0 Å². The van der Waals surface area contributed by atoms with Gasteiger partial charge in [-0.1, -0.05) is 18.2 Å². The first kappa shape index (κ1) is 9.29. The van der Waals surface area contributed by atoms with Crippen LogP contribution in [-0.4, -0.2) is 0 Å². The normalized spacial score (nSPS) is 14.6. The molecule has 0 saturated heterocycles. The van der Waals surface area contributed by atoms with Gasteiger partial charge in [-0.05, 0) is 60.2 Å². The van der Waals surface area contributed by atoms with Gasteiger partial charge in [-0.25, -0.2) is 0 Å². The molecule has 0 radical (unpaired) electrons. The van der Waals surface area contributed by atoms with Gasteiger partial charge in [0, 0.05) is 5.39 Å². The van der Waals surface area contributed by atoms with E-state index in [0.717, 1.165) is 11.3 Å². The predicted molar refractivity (Wildman–Crippen MR) is 70.5 cm³/mol. The number of aryl methyl sites for hydroxylation is 3. The molecule has 1 heterocycles. The Bertz CT molecular complexity index is 734. The van der Waals surface area contributed by atoms with Crippen LogP contribution >= 0.6 is 0 Å². The van der Waals surface area contributed by atoms with Crippen molar-refractivity contribution in [3.8, 4) is 0 Å². The molecule has 84 valence electrons. The molecule has 0 amide bonds. The van der Waals surface area contributed by atoms with Crippen LogP contribution in [0.4, 0.5) is 0 Å². The molecule has 17 heavy (non-hydrogen) atoms. The molecule has 1 aromatic heterocycles. The van der Waals surface area contributed by atoms with Crippen molar-refractivity contribution < 1.29 is 4.42 Å². The number of hydrogen-bond acceptors (Lipinski definition) is 1. The van der Waals surface area contributed by atoms with Crippen LogP contribution in [0.2, 0.25) is 0 Å². The van der Waals surface area contributed by atoms with E-state index in [0.29, 0.717) is 0 Å². The SMILES string of the molecule is Cc1cc2c(ccc3c4c(ccc32)CCC4)o1.